The molecule has 3 aromatic heterocycles. The number of benzene rings is 2. The Morgan fingerprint density at radius 3 is 2.72 bits per heavy atom. The third kappa shape index (κ3) is 4.22. The van der Waals surface area contributed by atoms with E-state index in [-0.39, 0.29) is 5.69 Å². The molecule has 1 aliphatic rings. The van der Waals surface area contributed by atoms with Crippen LogP contribution in [0.1, 0.15) is 34.8 Å². The molecule has 7 nitrogen and oxygen atoms in total. The highest BCUT2D eigenvalue weighted by atomic mass is 32.1. The number of amides is 1. The second kappa shape index (κ2) is 9.50. The molecule has 1 N–H and O–H groups in total. The Kier molecular flexibility index (Phi) is 5.90. The number of rotatable bonds is 5. The molecule has 1 aliphatic heterocycles. The Balaban J connectivity index is 1.35. The maximum Gasteiger partial charge on any atom is 0.268 e. The summed E-state index contributed by atoms with van der Waals surface area (Å²) in [4.78, 5) is 18.5. The molecule has 0 saturated heterocycles. The van der Waals surface area contributed by atoms with Gasteiger partial charge in [-0.1, -0.05) is 36.8 Å². The predicted molar refractivity (Wildman–Crippen MR) is 136 cm³/mol. The van der Waals surface area contributed by atoms with E-state index in [4.69, 9.17) is 4.42 Å². The highest BCUT2D eigenvalue weighted by Gasteiger charge is 2.23. The number of fused-ring (bicyclic) bond motifs is 1. The number of nitrogens with one attached hydrogen (secondary N) is 1. The Morgan fingerprint density at radius 1 is 1.00 bits per heavy atom. The lowest BCUT2D eigenvalue weighted by atomic mass is 10.1. The van der Waals surface area contributed by atoms with Gasteiger partial charge in [0.05, 0.1) is 17.6 Å². The fraction of sp³-hybridized carbons (Fsp3) is 0.185. The molecule has 0 unspecified atom stereocenters. The smallest absolute Gasteiger partial charge is 0.268 e. The summed E-state index contributed by atoms with van der Waals surface area (Å²) in [6.07, 6.45) is 5.72. The number of carbonyl (C=O) groups is 1. The number of furan rings is 1. The monoisotopic (exact) mass is 499 g/mol. The zero-order chi connectivity index (χ0) is 24.5. The molecule has 0 spiro atoms. The number of carbonyl (C=O) groups excluding carboxylic acids is 1. The van der Waals surface area contributed by atoms with Crippen molar-refractivity contribution in [2.45, 2.75) is 32.2 Å². The molecule has 5 aromatic rings. The van der Waals surface area contributed by atoms with E-state index >= 15 is 0 Å². The van der Waals surface area contributed by atoms with Crippen molar-refractivity contribution in [3.63, 3.8) is 0 Å². The SMILES string of the molecule is O=C(Nc1cc(-c2nnc3n2CCCCC3)ccc1F)c1sc(-c2ccco2)nc1-c1ccccc1. The van der Waals surface area contributed by atoms with Gasteiger partial charge in [0.25, 0.3) is 5.91 Å². The van der Waals surface area contributed by atoms with E-state index < -0.39 is 11.7 Å². The van der Waals surface area contributed by atoms with Crippen LogP contribution in [0.5, 0.6) is 0 Å². The van der Waals surface area contributed by atoms with E-state index in [2.05, 4.69) is 25.1 Å². The summed E-state index contributed by atoms with van der Waals surface area (Å²) in [6.45, 7) is 0.827. The first kappa shape index (κ1) is 22.4. The van der Waals surface area contributed by atoms with Gasteiger partial charge in [-0.3, -0.25) is 4.79 Å². The Morgan fingerprint density at radius 2 is 1.89 bits per heavy atom. The molecule has 36 heavy (non-hydrogen) atoms. The number of thiazole rings is 1. The third-order valence-corrected chi connectivity index (χ3v) is 7.26. The number of hydrogen-bond acceptors (Lipinski definition) is 6. The molecule has 1 amide bonds. The van der Waals surface area contributed by atoms with E-state index in [0.29, 0.717) is 32.7 Å². The molecule has 0 fully saturated rings. The summed E-state index contributed by atoms with van der Waals surface area (Å²) in [5, 5.41) is 12.0. The first-order chi connectivity index (χ1) is 17.7. The maximum absolute atomic E-state index is 14.9. The van der Waals surface area contributed by atoms with Crippen LogP contribution in [-0.4, -0.2) is 25.7 Å². The lowest BCUT2D eigenvalue weighted by Crippen LogP contribution is -2.13. The molecule has 0 aliphatic carbocycles. The van der Waals surface area contributed by atoms with Crippen LogP contribution in [0.15, 0.2) is 71.3 Å². The van der Waals surface area contributed by atoms with Crippen LogP contribution in [-0.2, 0) is 13.0 Å². The van der Waals surface area contributed by atoms with Gasteiger partial charge in [0.2, 0.25) is 0 Å². The fourth-order valence-electron chi connectivity index (χ4n) is 4.41. The lowest BCUT2D eigenvalue weighted by Gasteiger charge is -2.10. The van der Waals surface area contributed by atoms with Crippen molar-refractivity contribution >= 4 is 22.9 Å². The molecule has 0 bridgehead atoms. The number of nitrogens with zero attached hydrogens (tertiary/aromatic N) is 4. The zero-order valence-corrected chi connectivity index (χ0v) is 20.1. The second-order valence-electron chi connectivity index (χ2n) is 8.59. The van der Waals surface area contributed by atoms with E-state index in [0.717, 1.165) is 43.6 Å². The normalized spacial score (nSPS) is 13.2. The zero-order valence-electron chi connectivity index (χ0n) is 19.3. The number of aryl methyl sites for hydroxylation is 1. The Hall–Kier alpha value is -4.11. The summed E-state index contributed by atoms with van der Waals surface area (Å²) in [5.41, 5.74) is 2.09. The molecule has 4 heterocycles. The summed E-state index contributed by atoms with van der Waals surface area (Å²) in [7, 11) is 0. The van der Waals surface area contributed by atoms with Gasteiger partial charge in [-0.15, -0.1) is 21.5 Å². The summed E-state index contributed by atoms with van der Waals surface area (Å²) in [6, 6.07) is 17.6. The standard InChI is InChI=1S/C27H22FN5O2S/c28-19-13-12-18(25-32-31-22-11-5-2-6-14-33(22)25)16-20(19)29-26(34)24-23(17-8-3-1-4-9-17)30-27(36-24)21-10-7-15-35-21/h1,3-4,7-10,12-13,15-16H,2,5-6,11,14H2,(H,29,34). The number of aromatic nitrogens is 4. The average molecular weight is 500 g/mol. The van der Waals surface area contributed by atoms with Gasteiger partial charge in [-0.05, 0) is 43.2 Å². The maximum atomic E-state index is 14.9. The van der Waals surface area contributed by atoms with Gasteiger partial charge < -0.3 is 14.3 Å². The topological polar surface area (TPSA) is 85.8 Å². The van der Waals surface area contributed by atoms with Gasteiger partial charge in [-0.2, -0.15) is 0 Å². The van der Waals surface area contributed by atoms with Gasteiger partial charge in [0.15, 0.2) is 16.6 Å². The van der Waals surface area contributed by atoms with Crippen molar-refractivity contribution in [1.29, 1.82) is 0 Å². The van der Waals surface area contributed by atoms with Crippen LogP contribution in [0.4, 0.5) is 10.1 Å². The van der Waals surface area contributed by atoms with Crippen LogP contribution in [0.25, 0.3) is 33.4 Å². The lowest BCUT2D eigenvalue weighted by molar-refractivity contribution is 0.103. The number of anilines is 1. The van der Waals surface area contributed by atoms with Crippen molar-refractivity contribution in [2.24, 2.45) is 0 Å². The first-order valence-electron chi connectivity index (χ1n) is 11.8. The molecule has 0 radical (unpaired) electrons. The van der Waals surface area contributed by atoms with Gasteiger partial charge >= 0.3 is 0 Å². The molecular formula is C27H22FN5O2S. The molecule has 2 aromatic carbocycles. The van der Waals surface area contributed by atoms with Crippen LogP contribution in [0, 0.1) is 5.82 Å². The first-order valence-corrected chi connectivity index (χ1v) is 12.6. The van der Waals surface area contributed by atoms with Crippen LogP contribution in [0.3, 0.4) is 0 Å². The Labute approximate surface area is 210 Å². The molecule has 0 atom stereocenters. The second-order valence-corrected chi connectivity index (χ2v) is 9.59. The van der Waals surface area contributed by atoms with Gasteiger partial charge in [0.1, 0.15) is 16.5 Å². The van der Waals surface area contributed by atoms with Gasteiger partial charge in [-0.25, -0.2) is 9.37 Å². The van der Waals surface area contributed by atoms with Crippen molar-refractivity contribution in [3.05, 3.63) is 83.4 Å². The van der Waals surface area contributed by atoms with Crippen LogP contribution < -0.4 is 5.32 Å². The third-order valence-electron chi connectivity index (χ3n) is 6.19. The van der Waals surface area contributed by atoms with E-state index in [1.165, 1.54) is 17.4 Å². The van der Waals surface area contributed by atoms with Crippen molar-refractivity contribution in [1.82, 2.24) is 19.7 Å². The average Bonchev–Trinajstić information content (AvgIpc) is 3.63. The van der Waals surface area contributed by atoms with E-state index in [1.54, 1.807) is 30.5 Å². The van der Waals surface area contributed by atoms with Gasteiger partial charge in [0, 0.05) is 24.1 Å². The largest absolute Gasteiger partial charge is 0.462 e. The minimum Gasteiger partial charge on any atom is -0.462 e. The quantitative estimate of drug-likeness (QED) is 0.300. The number of hydrogen-bond donors (Lipinski definition) is 1. The fourth-order valence-corrected chi connectivity index (χ4v) is 5.36. The summed E-state index contributed by atoms with van der Waals surface area (Å²) in [5.74, 6) is 1.22. The summed E-state index contributed by atoms with van der Waals surface area (Å²) < 4.78 is 22.4. The van der Waals surface area contributed by atoms with Crippen molar-refractivity contribution in [3.8, 4) is 33.4 Å². The van der Waals surface area contributed by atoms with Crippen molar-refractivity contribution in [2.75, 3.05) is 5.32 Å². The Bertz CT molecular complexity index is 1530. The van der Waals surface area contributed by atoms with Crippen molar-refractivity contribution < 1.29 is 13.6 Å². The predicted octanol–water partition coefficient (Wildman–Crippen LogP) is 6.45. The molecule has 180 valence electrons. The highest BCUT2D eigenvalue weighted by molar-refractivity contribution is 7.17. The number of halogens is 1. The van der Waals surface area contributed by atoms with Crippen LogP contribution in [0.2, 0.25) is 0 Å². The molecular weight excluding hydrogens is 477 g/mol. The van der Waals surface area contributed by atoms with E-state index in [1.807, 2.05) is 30.3 Å². The minimum atomic E-state index is -0.528. The van der Waals surface area contributed by atoms with E-state index in [9.17, 15) is 9.18 Å². The highest BCUT2D eigenvalue weighted by Crippen LogP contribution is 2.35. The van der Waals surface area contributed by atoms with Crippen LogP contribution >= 0.6 is 11.3 Å². The molecule has 0 saturated carbocycles. The summed E-state index contributed by atoms with van der Waals surface area (Å²) >= 11 is 1.20. The molecule has 9 heteroatoms. The molecule has 6 rings (SSSR count). The minimum absolute atomic E-state index is 0.0791.